The Labute approximate surface area is 164 Å². The SMILES string of the molecule is COC(=O)C(C)c1cn(CCOc2cc(C)c(Cl)c(C)c2)c2ccccc12. The van der Waals surface area contributed by atoms with Crippen LogP contribution in [0.15, 0.2) is 42.6 Å². The molecular weight excluding hydrogens is 362 g/mol. The molecule has 0 aliphatic heterocycles. The summed E-state index contributed by atoms with van der Waals surface area (Å²) < 4.78 is 13.0. The van der Waals surface area contributed by atoms with E-state index in [2.05, 4.69) is 10.6 Å². The first-order chi connectivity index (χ1) is 12.9. The third-order valence-corrected chi connectivity index (χ3v) is 5.45. The molecule has 3 aromatic rings. The minimum absolute atomic E-state index is 0.235. The molecule has 0 radical (unpaired) electrons. The van der Waals surface area contributed by atoms with Gasteiger partial charge in [0.15, 0.2) is 0 Å². The van der Waals surface area contributed by atoms with Crippen molar-refractivity contribution >= 4 is 28.5 Å². The molecule has 0 fully saturated rings. The van der Waals surface area contributed by atoms with Crippen LogP contribution < -0.4 is 4.74 Å². The van der Waals surface area contributed by atoms with E-state index in [1.165, 1.54) is 7.11 Å². The number of benzene rings is 2. The van der Waals surface area contributed by atoms with Gasteiger partial charge in [-0.15, -0.1) is 0 Å². The van der Waals surface area contributed by atoms with Crippen molar-refractivity contribution in [3.05, 3.63) is 64.3 Å². The normalized spacial score (nSPS) is 12.2. The number of hydrogen-bond acceptors (Lipinski definition) is 3. The van der Waals surface area contributed by atoms with E-state index in [1.807, 2.05) is 57.3 Å². The average molecular weight is 386 g/mol. The van der Waals surface area contributed by atoms with Gasteiger partial charge < -0.3 is 14.0 Å². The summed E-state index contributed by atoms with van der Waals surface area (Å²) in [4.78, 5) is 12.0. The van der Waals surface area contributed by atoms with Gasteiger partial charge in [0.25, 0.3) is 0 Å². The molecule has 0 amide bonds. The molecule has 0 spiro atoms. The molecule has 27 heavy (non-hydrogen) atoms. The lowest BCUT2D eigenvalue weighted by Crippen LogP contribution is -2.11. The predicted octanol–water partition coefficient (Wildman–Crippen LogP) is 5.27. The van der Waals surface area contributed by atoms with E-state index >= 15 is 0 Å². The highest BCUT2D eigenvalue weighted by Gasteiger charge is 2.20. The molecule has 1 atom stereocenters. The fraction of sp³-hybridized carbons (Fsp3) is 0.318. The number of aromatic nitrogens is 1. The van der Waals surface area contributed by atoms with Gasteiger partial charge >= 0.3 is 5.97 Å². The molecule has 0 aliphatic carbocycles. The number of methoxy groups -OCH3 is 1. The number of esters is 1. The summed E-state index contributed by atoms with van der Waals surface area (Å²) in [6, 6.07) is 12.0. The molecule has 0 saturated heterocycles. The van der Waals surface area contributed by atoms with Crippen LogP contribution in [0.4, 0.5) is 0 Å². The summed E-state index contributed by atoms with van der Waals surface area (Å²) in [7, 11) is 1.42. The summed E-state index contributed by atoms with van der Waals surface area (Å²) in [5.41, 5.74) is 4.06. The molecule has 1 unspecified atom stereocenters. The molecule has 5 heteroatoms. The molecule has 2 aromatic carbocycles. The third-order valence-electron chi connectivity index (χ3n) is 4.85. The van der Waals surface area contributed by atoms with E-state index < -0.39 is 0 Å². The molecule has 1 heterocycles. The fourth-order valence-corrected chi connectivity index (χ4v) is 3.47. The van der Waals surface area contributed by atoms with Crippen LogP contribution in [0.3, 0.4) is 0 Å². The summed E-state index contributed by atoms with van der Waals surface area (Å²) in [6.45, 7) is 7.01. The van der Waals surface area contributed by atoms with Crippen LogP contribution in [0.1, 0.15) is 29.5 Å². The van der Waals surface area contributed by atoms with Crippen LogP contribution in [-0.4, -0.2) is 24.3 Å². The highest BCUT2D eigenvalue weighted by molar-refractivity contribution is 6.32. The molecule has 0 N–H and O–H groups in total. The number of halogens is 1. The number of nitrogens with zero attached hydrogens (tertiary/aromatic N) is 1. The van der Waals surface area contributed by atoms with E-state index in [-0.39, 0.29) is 11.9 Å². The first-order valence-electron chi connectivity index (χ1n) is 8.97. The highest BCUT2D eigenvalue weighted by atomic mass is 35.5. The maximum Gasteiger partial charge on any atom is 0.312 e. The van der Waals surface area contributed by atoms with Crippen molar-refractivity contribution in [2.24, 2.45) is 0 Å². The first-order valence-corrected chi connectivity index (χ1v) is 9.35. The standard InChI is InChI=1S/C22H24ClNO3/c1-14-11-17(12-15(2)21(14)23)27-10-9-24-13-19(16(3)22(25)26-4)18-7-5-6-8-20(18)24/h5-8,11-13,16H,9-10H2,1-4H3. The van der Waals surface area contributed by atoms with Gasteiger partial charge in [-0.05, 0) is 55.7 Å². The van der Waals surface area contributed by atoms with Crippen LogP contribution in [0.25, 0.3) is 10.9 Å². The van der Waals surface area contributed by atoms with E-state index in [1.54, 1.807) is 0 Å². The summed E-state index contributed by atoms with van der Waals surface area (Å²) in [5.74, 6) is 0.263. The van der Waals surface area contributed by atoms with Gasteiger partial charge in [0, 0.05) is 22.1 Å². The van der Waals surface area contributed by atoms with Gasteiger partial charge in [-0.3, -0.25) is 4.79 Å². The Morgan fingerprint density at radius 1 is 1.19 bits per heavy atom. The number of para-hydroxylation sites is 1. The molecular formula is C22H24ClNO3. The number of ether oxygens (including phenoxy) is 2. The third kappa shape index (κ3) is 3.96. The predicted molar refractivity (Wildman–Crippen MR) is 109 cm³/mol. The van der Waals surface area contributed by atoms with Crippen molar-refractivity contribution in [1.82, 2.24) is 4.57 Å². The Kier molecular flexibility index (Phi) is 5.76. The largest absolute Gasteiger partial charge is 0.492 e. The Morgan fingerprint density at radius 2 is 1.85 bits per heavy atom. The number of carbonyl (C=O) groups is 1. The number of hydrogen-bond donors (Lipinski definition) is 0. The second kappa shape index (κ2) is 8.05. The van der Waals surface area contributed by atoms with Crippen LogP contribution in [0.2, 0.25) is 5.02 Å². The van der Waals surface area contributed by atoms with Gasteiger partial charge in [-0.25, -0.2) is 0 Å². The Hall–Kier alpha value is -2.46. The van der Waals surface area contributed by atoms with Gasteiger partial charge in [0.1, 0.15) is 12.4 Å². The highest BCUT2D eigenvalue weighted by Crippen LogP contribution is 2.29. The molecule has 1 aromatic heterocycles. The second-order valence-corrected chi connectivity index (χ2v) is 7.14. The van der Waals surface area contributed by atoms with Crippen molar-refractivity contribution in [3.63, 3.8) is 0 Å². The van der Waals surface area contributed by atoms with Gasteiger partial charge in [-0.1, -0.05) is 29.8 Å². The van der Waals surface area contributed by atoms with Crippen molar-refractivity contribution in [1.29, 1.82) is 0 Å². The lowest BCUT2D eigenvalue weighted by molar-refractivity contribution is -0.141. The van der Waals surface area contributed by atoms with Crippen molar-refractivity contribution in [2.45, 2.75) is 33.2 Å². The monoisotopic (exact) mass is 385 g/mol. The number of aryl methyl sites for hydroxylation is 2. The van der Waals surface area contributed by atoms with Crippen LogP contribution in [0.5, 0.6) is 5.75 Å². The Morgan fingerprint density at radius 3 is 2.52 bits per heavy atom. The van der Waals surface area contributed by atoms with Crippen LogP contribution in [0, 0.1) is 13.8 Å². The lowest BCUT2D eigenvalue weighted by atomic mass is 10.0. The van der Waals surface area contributed by atoms with Crippen molar-refractivity contribution in [3.8, 4) is 5.75 Å². The summed E-state index contributed by atoms with van der Waals surface area (Å²) >= 11 is 6.22. The minimum atomic E-state index is -0.316. The fourth-order valence-electron chi connectivity index (χ4n) is 3.36. The molecule has 142 valence electrons. The number of carbonyl (C=O) groups excluding carboxylic acids is 1. The molecule has 3 rings (SSSR count). The average Bonchev–Trinajstić information content (AvgIpc) is 3.03. The zero-order valence-electron chi connectivity index (χ0n) is 16.1. The van der Waals surface area contributed by atoms with E-state index in [9.17, 15) is 4.79 Å². The first kappa shape index (κ1) is 19.3. The van der Waals surface area contributed by atoms with Crippen LogP contribution >= 0.6 is 11.6 Å². The molecule has 4 nitrogen and oxygen atoms in total. The minimum Gasteiger partial charge on any atom is -0.492 e. The Bertz CT molecular complexity index is 954. The van der Waals surface area contributed by atoms with E-state index in [0.717, 1.165) is 38.4 Å². The second-order valence-electron chi connectivity index (χ2n) is 6.76. The molecule has 0 saturated carbocycles. The van der Waals surface area contributed by atoms with Gasteiger partial charge in [0.05, 0.1) is 19.6 Å². The van der Waals surface area contributed by atoms with Crippen LogP contribution in [-0.2, 0) is 16.1 Å². The van der Waals surface area contributed by atoms with Gasteiger partial charge in [0.2, 0.25) is 0 Å². The number of rotatable bonds is 6. The maximum absolute atomic E-state index is 12.0. The zero-order chi connectivity index (χ0) is 19.6. The topological polar surface area (TPSA) is 40.5 Å². The maximum atomic E-state index is 12.0. The van der Waals surface area contributed by atoms with E-state index in [0.29, 0.717) is 13.2 Å². The number of fused-ring (bicyclic) bond motifs is 1. The molecule has 0 bridgehead atoms. The quantitative estimate of drug-likeness (QED) is 0.543. The zero-order valence-corrected chi connectivity index (χ0v) is 16.8. The van der Waals surface area contributed by atoms with E-state index in [4.69, 9.17) is 21.1 Å². The molecule has 0 aliphatic rings. The smallest absolute Gasteiger partial charge is 0.312 e. The lowest BCUT2D eigenvalue weighted by Gasteiger charge is -2.11. The summed E-state index contributed by atoms with van der Waals surface area (Å²) in [6.07, 6.45) is 2.02. The van der Waals surface area contributed by atoms with Gasteiger partial charge in [-0.2, -0.15) is 0 Å². The summed E-state index contributed by atoms with van der Waals surface area (Å²) in [5, 5.41) is 1.84. The Balaban J connectivity index is 1.80. The van der Waals surface area contributed by atoms with Crippen molar-refractivity contribution in [2.75, 3.05) is 13.7 Å². The van der Waals surface area contributed by atoms with Crippen molar-refractivity contribution < 1.29 is 14.3 Å².